The number of para-hydroxylation sites is 1. The highest BCUT2D eigenvalue weighted by molar-refractivity contribution is 6.31. The van der Waals surface area contributed by atoms with Crippen LogP contribution < -0.4 is 4.74 Å². The maximum atomic E-state index is 13.9. The van der Waals surface area contributed by atoms with Crippen LogP contribution in [-0.4, -0.2) is 48.5 Å². The van der Waals surface area contributed by atoms with E-state index in [9.17, 15) is 9.18 Å². The molecule has 138 valence electrons. The van der Waals surface area contributed by atoms with Crippen molar-refractivity contribution < 1.29 is 13.9 Å². The molecule has 2 aromatic rings. The lowest BCUT2D eigenvalue weighted by atomic mass is 10.2. The summed E-state index contributed by atoms with van der Waals surface area (Å²) in [6.45, 7) is 5.00. The van der Waals surface area contributed by atoms with Crippen LogP contribution >= 0.6 is 11.6 Å². The van der Waals surface area contributed by atoms with E-state index in [4.69, 9.17) is 16.3 Å². The highest BCUT2D eigenvalue weighted by Crippen LogP contribution is 2.21. The van der Waals surface area contributed by atoms with Gasteiger partial charge in [-0.15, -0.1) is 0 Å². The highest BCUT2D eigenvalue weighted by Gasteiger charge is 2.22. The number of hydrogen-bond donors (Lipinski definition) is 0. The van der Waals surface area contributed by atoms with E-state index in [-0.39, 0.29) is 18.3 Å². The molecule has 0 atom stereocenters. The highest BCUT2D eigenvalue weighted by atomic mass is 35.5. The predicted octanol–water partition coefficient (Wildman–Crippen LogP) is 3.51. The van der Waals surface area contributed by atoms with Crippen LogP contribution in [0.25, 0.3) is 0 Å². The summed E-state index contributed by atoms with van der Waals surface area (Å²) in [5, 5.41) is 0.440. The van der Waals surface area contributed by atoms with E-state index in [1.165, 1.54) is 6.07 Å². The Morgan fingerprint density at radius 1 is 1.12 bits per heavy atom. The molecule has 0 spiro atoms. The maximum absolute atomic E-state index is 13.9. The molecule has 0 radical (unpaired) electrons. The molecule has 1 aliphatic rings. The van der Waals surface area contributed by atoms with Gasteiger partial charge in [-0.2, -0.15) is 0 Å². The van der Waals surface area contributed by atoms with Crippen molar-refractivity contribution in [1.82, 2.24) is 9.80 Å². The SMILES string of the molecule is Cc1ccccc1OCC(=O)N1CCN(Cc2c(F)cccc2Cl)CC1. The normalized spacial score (nSPS) is 15.1. The van der Waals surface area contributed by atoms with E-state index >= 15 is 0 Å². The number of hydrogen-bond acceptors (Lipinski definition) is 3. The summed E-state index contributed by atoms with van der Waals surface area (Å²) < 4.78 is 19.5. The summed E-state index contributed by atoms with van der Waals surface area (Å²) in [6.07, 6.45) is 0. The van der Waals surface area contributed by atoms with Gasteiger partial charge < -0.3 is 9.64 Å². The second kappa shape index (κ2) is 8.52. The number of aryl methyl sites for hydroxylation is 1. The zero-order valence-corrected chi connectivity index (χ0v) is 15.5. The second-order valence-electron chi connectivity index (χ2n) is 6.41. The summed E-state index contributed by atoms with van der Waals surface area (Å²) in [7, 11) is 0. The number of amides is 1. The van der Waals surface area contributed by atoms with Gasteiger partial charge in [0.15, 0.2) is 6.61 Å². The van der Waals surface area contributed by atoms with Gasteiger partial charge in [-0.1, -0.05) is 35.9 Å². The fourth-order valence-corrected chi connectivity index (χ4v) is 3.23. The molecule has 0 aliphatic carbocycles. The molecule has 0 bridgehead atoms. The van der Waals surface area contributed by atoms with E-state index < -0.39 is 0 Å². The van der Waals surface area contributed by atoms with E-state index in [1.807, 2.05) is 31.2 Å². The van der Waals surface area contributed by atoms with E-state index in [2.05, 4.69) is 4.90 Å². The molecule has 26 heavy (non-hydrogen) atoms. The van der Waals surface area contributed by atoms with E-state index in [1.54, 1.807) is 17.0 Å². The lowest BCUT2D eigenvalue weighted by Gasteiger charge is -2.34. The summed E-state index contributed by atoms with van der Waals surface area (Å²) in [5.41, 5.74) is 1.52. The minimum absolute atomic E-state index is 0.0307. The van der Waals surface area contributed by atoms with Gasteiger partial charge in [-0.3, -0.25) is 9.69 Å². The quantitative estimate of drug-likeness (QED) is 0.800. The van der Waals surface area contributed by atoms with Gasteiger partial charge in [-0.05, 0) is 30.7 Å². The molecule has 1 fully saturated rings. The third kappa shape index (κ3) is 4.54. The zero-order valence-electron chi connectivity index (χ0n) is 14.8. The van der Waals surface area contributed by atoms with Crippen molar-refractivity contribution in [2.24, 2.45) is 0 Å². The molecule has 0 N–H and O–H groups in total. The second-order valence-corrected chi connectivity index (χ2v) is 6.82. The van der Waals surface area contributed by atoms with Crippen molar-refractivity contribution >= 4 is 17.5 Å². The van der Waals surface area contributed by atoms with Crippen LogP contribution in [-0.2, 0) is 11.3 Å². The van der Waals surface area contributed by atoms with Gasteiger partial charge in [-0.25, -0.2) is 4.39 Å². The average molecular weight is 377 g/mol. The smallest absolute Gasteiger partial charge is 0.260 e. The van der Waals surface area contributed by atoms with Crippen LogP contribution in [0, 0.1) is 12.7 Å². The molecule has 0 saturated carbocycles. The van der Waals surface area contributed by atoms with Crippen molar-refractivity contribution in [2.75, 3.05) is 32.8 Å². The number of ether oxygens (including phenoxy) is 1. The Bertz CT molecular complexity index is 756. The molecule has 2 aromatic carbocycles. The number of rotatable bonds is 5. The summed E-state index contributed by atoms with van der Waals surface area (Å²) in [5.74, 6) is 0.410. The lowest BCUT2D eigenvalue weighted by molar-refractivity contribution is -0.135. The van der Waals surface area contributed by atoms with Gasteiger partial charge in [0.1, 0.15) is 11.6 Å². The van der Waals surface area contributed by atoms with Gasteiger partial charge in [0, 0.05) is 43.3 Å². The average Bonchev–Trinajstić information content (AvgIpc) is 2.64. The largest absolute Gasteiger partial charge is 0.484 e. The number of piperazine rings is 1. The minimum Gasteiger partial charge on any atom is -0.484 e. The number of benzene rings is 2. The van der Waals surface area contributed by atoms with Crippen LogP contribution in [0.4, 0.5) is 4.39 Å². The maximum Gasteiger partial charge on any atom is 0.260 e. The molecule has 1 amide bonds. The standard InChI is InChI=1S/C20H22ClFN2O2/c1-15-5-2-3-8-19(15)26-14-20(25)24-11-9-23(10-12-24)13-16-17(21)6-4-7-18(16)22/h2-8H,9-14H2,1H3. The molecule has 0 unspecified atom stereocenters. The number of carbonyl (C=O) groups is 1. The Labute approximate surface area is 158 Å². The summed E-state index contributed by atoms with van der Waals surface area (Å²) in [6, 6.07) is 12.4. The molecule has 3 rings (SSSR count). The zero-order chi connectivity index (χ0) is 18.5. The molecule has 6 heteroatoms. The molecule has 4 nitrogen and oxygen atoms in total. The van der Waals surface area contributed by atoms with Crippen molar-refractivity contribution in [2.45, 2.75) is 13.5 Å². The predicted molar refractivity (Wildman–Crippen MR) is 99.9 cm³/mol. The van der Waals surface area contributed by atoms with Crippen LogP contribution in [0.1, 0.15) is 11.1 Å². The third-order valence-electron chi connectivity index (χ3n) is 4.61. The molecule has 1 heterocycles. The first-order valence-electron chi connectivity index (χ1n) is 8.66. The fourth-order valence-electron chi connectivity index (χ4n) is 3.01. The first-order valence-corrected chi connectivity index (χ1v) is 9.04. The Morgan fingerprint density at radius 2 is 1.85 bits per heavy atom. The van der Waals surface area contributed by atoms with Crippen molar-refractivity contribution in [3.63, 3.8) is 0 Å². The third-order valence-corrected chi connectivity index (χ3v) is 4.97. The summed E-state index contributed by atoms with van der Waals surface area (Å²) >= 11 is 6.09. The summed E-state index contributed by atoms with van der Waals surface area (Å²) in [4.78, 5) is 16.3. The number of carbonyl (C=O) groups excluding carboxylic acids is 1. The van der Waals surface area contributed by atoms with Gasteiger partial charge >= 0.3 is 0 Å². The van der Waals surface area contributed by atoms with Gasteiger partial charge in [0.05, 0.1) is 0 Å². The van der Waals surface area contributed by atoms with E-state index in [0.717, 1.165) is 11.3 Å². The Kier molecular flexibility index (Phi) is 6.12. The monoisotopic (exact) mass is 376 g/mol. The first-order chi connectivity index (χ1) is 12.5. The van der Waals surface area contributed by atoms with Crippen LogP contribution in [0.15, 0.2) is 42.5 Å². The number of halogens is 2. The Balaban J connectivity index is 1.49. The number of nitrogens with zero attached hydrogens (tertiary/aromatic N) is 2. The van der Waals surface area contributed by atoms with Crippen molar-refractivity contribution in [3.8, 4) is 5.75 Å². The fraction of sp³-hybridized carbons (Fsp3) is 0.350. The van der Waals surface area contributed by atoms with E-state index in [0.29, 0.717) is 43.3 Å². The lowest BCUT2D eigenvalue weighted by Crippen LogP contribution is -2.49. The van der Waals surface area contributed by atoms with Crippen molar-refractivity contribution in [3.05, 3.63) is 64.4 Å². The van der Waals surface area contributed by atoms with Crippen LogP contribution in [0.5, 0.6) is 5.75 Å². The first kappa shape index (κ1) is 18.7. The van der Waals surface area contributed by atoms with Gasteiger partial charge in [0.25, 0.3) is 5.91 Å². The molecular weight excluding hydrogens is 355 g/mol. The molecule has 0 aromatic heterocycles. The topological polar surface area (TPSA) is 32.8 Å². The molecular formula is C20H22ClFN2O2. The van der Waals surface area contributed by atoms with Crippen molar-refractivity contribution in [1.29, 1.82) is 0 Å². The van der Waals surface area contributed by atoms with Crippen LogP contribution in [0.2, 0.25) is 5.02 Å². The molecule has 1 aliphatic heterocycles. The Morgan fingerprint density at radius 3 is 2.54 bits per heavy atom. The Hall–Kier alpha value is -2.11. The van der Waals surface area contributed by atoms with Crippen LogP contribution in [0.3, 0.4) is 0 Å². The van der Waals surface area contributed by atoms with Gasteiger partial charge in [0.2, 0.25) is 0 Å². The minimum atomic E-state index is -0.289. The molecule has 1 saturated heterocycles.